The molecule has 0 spiro atoms. The van der Waals surface area contributed by atoms with Crippen LogP contribution in [0, 0.1) is 6.92 Å². The van der Waals surface area contributed by atoms with Crippen LogP contribution >= 0.6 is 11.8 Å². The first-order valence-corrected chi connectivity index (χ1v) is 12.9. The van der Waals surface area contributed by atoms with Crippen molar-refractivity contribution in [1.82, 2.24) is 24.1 Å². The van der Waals surface area contributed by atoms with E-state index < -0.39 is 0 Å². The lowest BCUT2D eigenvalue weighted by Crippen LogP contribution is -2.23. The lowest BCUT2D eigenvalue weighted by Gasteiger charge is -2.19. The van der Waals surface area contributed by atoms with Crippen molar-refractivity contribution in [3.63, 3.8) is 0 Å². The molecule has 0 saturated heterocycles. The second-order valence-electron chi connectivity index (χ2n) is 9.65. The summed E-state index contributed by atoms with van der Waals surface area (Å²) in [6.45, 7) is 11.1. The molecule has 2 aromatic carbocycles. The van der Waals surface area contributed by atoms with E-state index in [9.17, 15) is 9.59 Å². The molecule has 0 saturated carbocycles. The van der Waals surface area contributed by atoms with Crippen LogP contribution in [0.1, 0.15) is 39.0 Å². The summed E-state index contributed by atoms with van der Waals surface area (Å²) in [7, 11) is 1.80. The molecule has 0 aliphatic heterocycles. The maximum atomic E-state index is 13.1. The van der Waals surface area contributed by atoms with Gasteiger partial charge in [-0.15, -0.1) is 10.2 Å². The number of nitrogens with zero attached hydrogens (tertiary/aromatic N) is 5. The van der Waals surface area contributed by atoms with E-state index in [2.05, 4.69) is 60.6 Å². The number of aromatic nitrogens is 5. The molecule has 2 aromatic heterocycles. The number of nitrogens with one attached hydrogen (secondary N) is 1. The molecule has 0 atom stereocenters. The predicted molar refractivity (Wildman–Crippen MR) is 145 cm³/mol. The first kappa shape index (κ1) is 25.5. The molecule has 2 heterocycles. The second-order valence-corrected chi connectivity index (χ2v) is 10.6. The predicted octanol–water partition coefficient (Wildman–Crippen LogP) is 4.79. The molecule has 4 rings (SSSR count). The van der Waals surface area contributed by atoms with Gasteiger partial charge in [0.15, 0.2) is 11.0 Å². The van der Waals surface area contributed by atoms with Crippen LogP contribution in [0.25, 0.3) is 17.1 Å². The van der Waals surface area contributed by atoms with Crippen LogP contribution in [0.3, 0.4) is 0 Å². The number of carbonyl (C=O) groups excluding carboxylic acids is 1. The van der Waals surface area contributed by atoms with E-state index in [4.69, 9.17) is 0 Å². The fourth-order valence-electron chi connectivity index (χ4n) is 4.03. The van der Waals surface area contributed by atoms with Crippen molar-refractivity contribution >= 4 is 23.4 Å². The van der Waals surface area contributed by atoms with Gasteiger partial charge in [0.25, 0.3) is 5.56 Å². The van der Waals surface area contributed by atoms with Crippen molar-refractivity contribution in [2.24, 2.45) is 7.05 Å². The molecule has 0 aliphatic carbocycles. The van der Waals surface area contributed by atoms with Gasteiger partial charge < -0.3 is 9.88 Å². The van der Waals surface area contributed by atoms with Crippen molar-refractivity contribution in [2.45, 2.75) is 51.7 Å². The summed E-state index contributed by atoms with van der Waals surface area (Å²) in [5.74, 6) is 0.610. The lowest BCUT2D eigenvalue weighted by molar-refractivity contribution is -0.113. The van der Waals surface area contributed by atoms with Gasteiger partial charge >= 0.3 is 0 Å². The third-order valence-electron chi connectivity index (χ3n) is 6.19. The molecule has 0 fully saturated rings. The highest BCUT2D eigenvalue weighted by molar-refractivity contribution is 7.99. The molecule has 0 unspecified atom stereocenters. The molecule has 1 N–H and O–H groups in total. The van der Waals surface area contributed by atoms with E-state index in [-0.39, 0.29) is 28.3 Å². The van der Waals surface area contributed by atoms with Gasteiger partial charge in [0.2, 0.25) is 5.91 Å². The zero-order valence-electron chi connectivity index (χ0n) is 21.6. The highest BCUT2D eigenvalue weighted by Crippen LogP contribution is 2.28. The molecule has 0 bridgehead atoms. The zero-order valence-corrected chi connectivity index (χ0v) is 22.4. The number of hydrogen-bond donors (Lipinski definition) is 1. The van der Waals surface area contributed by atoms with Gasteiger partial charge in [0.1, 0.15) is 5.69 Å². The van der Waals surface area contributed by atoms with Gasteiger partial charge in [0, 0.05) is 19.2 Å². The number of benzene rings is 2. The largest absolute Gasteiger partial charge is 0.319 e. The fourth-order valence-corrected chi connectivity index (χ4v) is 4.83. The van der Waals surface area contributed by atoms with Gasteiger partial charge in [-0.1, -0.05) is 75.0 Å². The molecule has 1 amide bonds. The monoisotopic (exact) mass is 504 g/mol. The maximum absolute atomic E-state index is 13.1. The smallest absolute Gasteiger partial charge is 0.295 e. The Bertz CT molecular complexity index is 1430. The summed E-state index contributed by atoms with van der Waals surface area (Å²) in [6, 6.07) is 17.7. The minimum atomic E-state index is -0.271. The molecule has 4 aromatic rings. The van der Waals surface area contributed by atoms with Crippen LogP contribution in [0.5, 0.6) is 0 Å². The van der Waals surface area contributed by atoms with Crippen LogP contribution < -0.4 is 10.9 Å². The Morgan fingerprint density at radius 2 is 1.69 bits per heavy atom. The summed E-state index contributed by atoms with van der Waals surface area (Å²) in [6.07, 6.45) is 0. The normalized spacial score (nSPS) is 11.6. The Labute approximate surface area is 215 Å². The van der Waals surface area contributed by atoms with Crippen molar-refractivity contribution in [3.05, 3.63) is 76.2 Å². The lowest BCUT2D eigenvalue weighted by atomic mass is 9.87. The number of rotatable bonds is 7. The van der Waals surface area contributed by atoms with E-state index >= 15 is 0 Å². The van der Waals surface area contributed by atoms with Crippen LogP contribution in [0.4, 0.5) is 5.69 Å². The SMILES string of the molecule is CCn1c(SCC(=O)Nc2c(C)n(C)n(-c3ccccc3)c2=O)nnc1-c1ccc(C(C)(C)C)cc1. The number of carbonyl (C=O) groups is 1. The Morgan fingerprint density at radius 3 is 2.31 bits per heavy atom. The van der Waals surface area contributed by atoms with Crippen molar-refractivity contribution in [1.29, 1.82) is 0 Å². The zero-order chi connectivity index (χ0) is 26.0. The van der Waals surface area contributed by atoms with Crippen molar-refractivity contribution < 1.29 is 4.79 Å². The quantitative estimate of drug-likeness (QED) is 0.366. The summed E-state index contributed by atoms with van der Waals surface area (Å²) < 4.78 is 5.29. The topological polar surface area (TPSA) is 86.7 Å². The number of anilines is 1. The van der Waals surface area contributed by atoms with Crippen LogP contribution in [-0.4, -0.2) is 35.8 Å². The van der Waals surface area contributed by atoms with E-state index in [1.54, 1.807) is 16.4 Å². The Kier molecular flexibility index (Phi) is 7.21. The number of para-hydroxylation sites is 1. The van der Waals surface area contributed by atoms with E-state index in [0.29, 0.717) is 17.4 Å². The third-order valence-corrected chi connectivity index (χ3v) is 7.16. The van der Waals surface area contributed by atoms with Crippen LogP contribution in [0.2, 0.25) is 0 Å². The highest BCUT2D eigenvalue weighted by atomic mass is 32.2. The van der Waals surface area contributed by atoms with Crippen LogP contribution in [-0.2, 0) is 23.8 Å². The Balaban J connectivity index is 1.49. The minimum absolute atomic E-state index is 0.0762. The van der Waals surface area contributed by atoms with Gasteiger partial charge in [-0.2, -0.15) is 0 Å². The number of amides is 1. The first-order chi connectivity index (χ1) is 17.1. The van der Waals surface area contributed by atoms with Gasteiger partial charge in [-0.3, -0.25) is 14.3 Å². The summed E-state index contributed by atoms with van der Waals surface area (Å²) in [5.41, 5.74) is 3.74. The second kappa shape index (κ2) is 10.2. The first-order valence-electron chi connectivity index (χ1n) is 11.9. The Hall–Kier alpha value is -3.59. The number of thioether (sulfide) groups is 1. The van der Waals surface area contributed by atoms with Crippen molar-refractivity contribution in [3.8, 4) is 17.1 Å². The third kappa shape index (κ3) is 5.02. The van der Waals surface area contributed by atoms with Gasteiger partial charge in [-0.25, -0.2) is 4.68 Å². The standard InChI is InChI=1S/C27H32N6O2S/c1-7-32-24(19-13-15-20(16-14-19)27(3,4)5)29-30-26(32)36-17-22(34)28-23-18(2)31(6)33(25(23)35)21-11-9-8-10-12-21/h8-16H,7,17H2,1-6H3,(H,28,34). The molecule has 36 heavy (non-hydrogen) atoms. The van der Waals surface area contributed by atoms with Crippen LogP contribution in [0.15, 0.2) is 64.5 Å². The molecule has 9 heteroatoms. The molecular weight excluding hydrogens is 472 g/mol. The van der Waals surface area contributed by atoms with E-state index in [0.717, 1.165) is 17.1 Å². The summed E-state index contributed by atoms with van der Waals surface area (Å²) in [5, 5.41) is 12.2. The number of hydrogen-bond acceptors (Lipinski definition) is 5. The maximum Gasteiger partial charge on any atom is 0.295 e. The van der Waals surface area contributed by atoms with Crippen molar-refractivity contribution in [2.75, 3.05) is 11.1 Å². The summed E-state index contributed by atoms with van der Waals surface area (Å²) >= 11 is 1.30. The van der Waals surface area contributed by atoms with Gasteiger partial charge in [-0.05, 0) is 37.0 Å². The summed E-state index contributed by atoms with van der Waals surface area (Å²) in [4.78, 5) is 25.9. The fraction of sp³-hybridized carbons (Fsp3) is 0.333. The molecule has 0 aliphatic rings. The molecule has 0 radical (unpaired) electrons. The molecular formula is C27H32N6O2S. The van der Waals surface area contributed by atoms with Gasteiger partial charge in [0.05, 0.1) is 17.1 Å². The highest BCUT2D eigenvalue weighted by Gasteiger charge is 2.20. The Morgan fingerprint density at radius 1 is 1.03 bits per heavy atom. The van der Waals surface area contributed by atoms with E-state index in [1.807, 2.05) is 48.7 Å². The van der Waals surface area contributed by atoms with E-state index in [1.165, 1.54) is 17.3 Å². The minimum Gasteiger partial charge on any atom is -0.319 e. The average molecular weight is 505 g/mol. The molecule has 8 nitrogen and oxygen atoms in total. The average Bonchev–Trinajstić information content (AvgIpc) is 3.36. The molecule has 188 valence electrons.